The number of aromatic nitrogens is 1. The highest BCUT2D eigenvalue weighted by atomic mass is 127. The van der Waals surface area contributed by atoms with E-state index >= 15 is 0 Å². The molecule has 0 aliphatic carbocycles. The van der Waals surface area contributed by atoms with Crippen LogP contribution in [0.2, 0.25) is 0 Å². The van der Waals surface area contributed by atoms with Crippen molar-refractivity contribution in [3.63, 3.8) is 0 Å². The molecule has 7 nitrogen and oxygen atoms in total. The molecule has 0 unspecified atom stereocenters. The summed E-state index contributed by atoms with van der Waals surface area (Å²) < 4.78 is 15.7. The smallest absolute Gasteiger partial charge is 0.213 e. The lowest BCUT2D eigenvalue weighted by Crippen LogP contribution is -2.37. The molecular weight excluding hydrogens is 423 g/mol. The Morgan fingerprint density at radius 1 is 1.21 bits per heavy atom. The zero-order valence-electron chi connectivity index (χ0n) is 14.7. The van der Waals surface area contributed by atoms with Gasteiger partial charge in [-0.25, -0.2) is 4.98 Å². The third kappa shape index (κ3) is 10.6. The molecule has 0 amide bonds. The van der Waals surface area contributed by atoms with Crippen LogP contribution in [0.4, 0.5) is 0 Å². The van der Waals surface area contributed by atoms with Crippen molar-refractivity contribution in [2.45, 2.75) is 19.9 Å². The monoisotopic (exact) mass is 452 g/mol. The van der Waals surface area contributed by atoms with Crippen molar-refractivity contribution in [2.24, 2.45) is 4.99 Å². The van der Waals surface area contributed by atoms with Crippen molar-refractivity contribution < 1.29 is 14.2 Å². The number of hydrogen-bond acceptors (Lipinski definition) is 5. The molecule has 0 aliphatic heterocycles. The molecule has 0 aliphatic rings. The van der Waals surface area contributed by atoms with Gasteiger partial charge in [0.2, 0.25) is 5.88 Å². The van der Waals surface area contributed by atoms with Gasteiger partial charge in [0.1, 0.15) is 6.61 Å². The fourth-order valence-corrected chi connectivity index (χ4v) is 1.76. The van der Waals surface area contributed by atoms with E-state index < -0.39 is 0 Å². The average Bonchev–Trinajstić information content (AvgIpc) is 2.59. The highest BCUT2D eigenvalue weighted by Crippen LogP contribution is 2.07. The maximum Gasteiger partial charge on any atom is 0.213 e. The molecule has 0 spiro atoms. The summed E-state index contributed by atoms with van der Waals surface area (Å²) in [5.74, 6) is 1.37. The van der Waals surface area contributed by atoms with E-state index in [1.54, 1.807) is 20.4 Å². The van der Waals surface area contributed by atoms with Crippen LogP contribution in [0.3, 0.4) is 0 Å². The minimum atomic E-state index is 0. The van der Waals surface area contributed by atoms with Crippen molar-refractivity contribution >= 4 is 29.9 Å². The number of ether oxygens (including phenoxy) is 3. The maximum absolute atomic E-state index is 5.43. The van der Waals surface area contributed by atoms with Gasteiger partial charge in [-0.15, -0.1) is 24.0 Å². The van der Waals surface area contributed by atoms with Crippen LogP contribution in [0.15, 0.2) is 23.3 Å². The minimum absolute atomic E-state index is 0. The number of guanidine groups is 1. The number of rotatable bonds is 11. The zero-order chi connectivity index (χ0) is 16.8. The van der Waals surface area contributed by atoms with E-state index in [1.807, 2.05) is 19.1 Å². The van der Waals surface area contributed by atoms with Gasteiger partial charge in [0.25, 0.3) is 0 Å². The van der Waals surface area contributed by atoms with Crippen molar-refractivity contribution in [3.8, 4) is 5.88 Å². The van der Waals surface area contributed by atoms with Crippen LogP contribution in [0.5, 0.6) is 5.88 Å². The Bertz CT molecular complexity index is 443. The van der Waals surface area contributed by atoms with E-state index in [9.17, 15) is 0 Å². The van der Waals surface area contributed by atoms with Crippen molar-refractivity contribution in [2.75, 3.05) is 47.1 Å². The summed E-state index contributed by atoms with van der Waals surface area (Å²) >= 11 is 0. The second-order valence-electron chi connectivity index (χ2n) is 4.75. The predicted octanol–water partition coefficient (Wildman–Crippen LogP) is 1.82. The Morgan fingerprint density at radius 2 is 2.04 bits per heavy atom. The molecule has 0 aromatic carbocycles. The molecular formula is C16H29IN4O3. The molecule has 0 saturated carbocycles. The van der Waals surface area contributed by atoms with Crippen molar-refractivity contribution in [1.82, 2.24) is 15.6 Å². The molecule has 1 heterocycles. The molecule has 1 rings (SSSR count). The van der Waals surface area contributed by atoms with Gasteiger partial charge in [-0.1, -0.05) is 6.07 Å². The summed E-state index contributed by atoms with van der Waals surface area (Å²) in [6, 6.07) is 3.83. The quantitative estimate of drug-likeness (QED) is 0.231. The Kier molecular flexibility index (Phi) is 14.7. The van der Waals surface area contributed by atoms with E-state index in [4.69, 9.17) is 14.2 Å². The van der Waals surface area contributed by atoms with Crippen LogP contribution in [0, 0.1) is 0 Å². The van der Waals surface area contributed by atoms with Crippen LogP contribution >= 0.6 is 24.0 Å². The molecule has 1 aromatic rings. The molecule has 1 aromatic heterocycles. The Morgan fingerprint density at radius 3 is 2.67 bits per heavy atom. The molecule has 138 valence electrons. The number of hydrogen-bond donors (Lipinski definition) is 2. The molecule has 2 N–H and O–H groups in total. The number of halogens is 1. The summed E-state index contributed by atoms with van der Waals surface area (Å²) in [7, 11) is 3.40. The van der Waals surface area contributed by atoms with E-state index in [-0.39, 0.29) is 24.0 Å². The van der Waals surface area contributed by atoms with E-state index in [1.165, 1.54) is 0 Å². The number of aliphatic imine (C=N–C) groups is 1. The van der Waals surface area contributed by atoms with Gasteiger partial charge in [-0.05, 0) is 18.9 Å². The van der Waals surface area contributed by atoms with Crippen molar-refractivity contribution in [1.29, 1.82) is 0 Å². The Labute approximate surface area is 161 Å². The van der Waals surface area contributed by atoms with Crippen LogP contribution in [0.25, 0.3) is 0 Å². The van der Waals surface area contributed by atoms with Gasteiger partial charge < -0.3 is 24.8 Å². The van der Waals surface area contributed by atoms with Crippen LogP contribution in [0.1, 0.15) is 18.9 Å². The molecule has 8 heteroatoms. The van der Waals surface area contributed by atoms with Crippen LogP contribution in [-0.2, 0) is 16.0 Å². The lowest BCUT2D eigenvalue weighted by molar-refractivity contribution is 0.143. The number of nitrogens with one attached hydrogen (secondary N) is 2. The molecule has 0 fully saturated rings. The van der Waals surface area contributed by atoms with Gasteiger partial charge in [0.15, 0.2) is 5.96 Å². The number of methoxy groups -OCH3 is 1. The first-order chi connectivity index (χ1) is 11.3. The lowest BCUT2D eigenvalue weighted by Gasteiger charge is -2.12. The Balaban J connectivity index is 0.00000529. The van der Waals surface area contributed by atoms with Gasteiger partial charge >= 0.3 is 0 Å². The third-order valence-corrected chi connectivity index (χ3v) is 2.98. The summed E-state index contributed by atoms with van der Waals surface area (Å²) in [6.45, 7) is 6.03. The lowest BCUT2D eigenvalue weighted by atomic mass is 10.3. The second-order valence-corrected chi connectivity index (χ2v) is 4.75. The minimum Gasteiger partial charge on any atom is -0.475 e. The predicted molar refractivity (Wildman–Crippen MR) is 106 cm³/mol. The molecule has 0 atom stereocenters. The Hall–Kier alpha value is -1.13. The summed E-state index contributed by atoms with van der Waals surface area (Å²) in [4.78, 5) is 8.44. The third-order valence-electron chi connectivity index (χ3n) is 2.98. The highest BCUT2D eigenvalue weighted by Gasteiger charge is 2.00. The number of nitrogens with zero attached hydrogens (tertiary/aromatic N) is 2. The summed E-state index contributed by atoms with van der Waals surface area (Å²) in [5, 5.41) is 6.49. The SMILES string of the molecule is CCOCCCNC(=NC)NCc1ccc(OCCOC)nc1.I. The topological polar surface area (TPSA) is 77.0 Å². The van der Waals surface area contributed by atoms with Crippen molar-refractivity contribution in [3.05, 3.63) is 23.9 Å². The van der Waals surface area contributed by atoms with Gasteiger partial charge in [0, 0.05) is 52.7 Å². The number of pyridine rings is 1. The zero-order valence-corrected chi connectivity index (χ0v) is 17.0. The summed E-state index contributed by atoms with van der Waals surface area (Å²) in [6.07, 6.45) is 2.74. The van der Waals surface area contributed by atoms with Gasteiger partial charge in [0.05, 0.1) is 6.61 Å². The fraction of sp³-hybridized carbons (Fsp3) is 0.625. The standard InChI is InChI=1S/C16H28N4O3.HI/c1-4-22-9-5-8-18-16(17-2)20-13-14-6-7-15(19-12-14)23-11-10-21-3;/h6-7,12H,4-5,8-11,13H2,1-3H3,(H2,17,18,20);1H. The van der Waals surface area contributed by atoms with Crippen LogP contribution in [-0.4, -0.2) is 58.1 Å². The average molecular weight is 452 g/mol. The molecule has 24 heavy (non-hydrogen) atoms. The first-order valence-corrected chi connectivity index (χ1v) is 7.89. The first kappa shape index (κ1) is 22.9. The fourth-order valence-electron chi connectivity index (χ4n) is 1.76. The second kappa shape index (κ2) is 15.4. The van der Waals surface area contributed by atoms with Gasteiger partial charge in [-0.2, -0.15) is 0 Å². The highest BCUT2D eigenvalue weighted by molar-refractivity contribution is 14.0. The largest absolute Gasteiger partial charge is 0.475 e. The normalized spacial score (nSPS) is 10.9. The van der Waals surface area contributed by atoms with E-state index in [2.05, 4.69) is 20.6 Å². The molecule has 0 radical (unpaired) electrons. The van der Waals surface area contributed by atoms with Crippen LogP contribution < -0.4 is 15.4 Å². The van der Waals surface area contributed by atoms with E-state index in [0.717, 1.165) is 37.7 Å². The maximum atomic E-state index is 5.43. The summed E-state index contributed by atoms with van der Waals surface area (Å²) in [5.41, 5.74) is 1.06. The van der Waals surface area contributed by atoms with E-state index in [0.29, 0.717) is 25.6 Å². The first-order valence-electron chi connectivity index (χ1n) is 7.89. The van der Waals surface area contributed by atoms with Gasteiger partial charge in [-0.3, -0.25) is 4.99 Å². The molecule has 0 bridgehead atoms. The molecule has 0 saturated heterocycles.